The van der Waals surface area contributed by atoms with Gasteiger partial charge in [-0.15, -0.1) is 0 Å². The number of ether oxygens (including phenoxy) is 1. The first-order valence-corrected chi connectivity index (χ1v) is 6.76. The number of unbranched alkanes of at least 4 members (excludes halogenated alkanes) is 2. The third kappa shape index (κ3) is 5.00. The summed E-state index contributed by atoms with van der Waals surface area (Å²) in [5.41, 5.74) is 0.615. The highest BCUT2D eigenvalue weighted by Crippen LogP contribution is 2.17. The summed E-state index contributed by atoms with van der Waals surface area (Å²) in [5.74, 6) is -0.209. The van der Waals surface area contributed by atoms with Crippen LogP contribution >= 0.6 is 0 Å². The molecular formula is C14H23FN2O. The monoisotopic (exact) mass is 254 g/mol. The van der Waals surface area contributed by atoms with E-state index in [1.54, 1.807) is 12.3 Å². The predicted molar refractivity (Wildman–Crippen MR) is 71.2 cm³/mol. The fraction of sp³-hybridized carbons (Fsp3) is 0.643. The van der Waals surface area contributed by atoms with Gasteiger partial charge in [0, 0.05) is 18.3 Å². The molecule has 0 saturated heterocycles. The van der Waals surface area contributed by atoms with Crippen LogP contribution in [-0.2, 0) is 6.54 Å². The van der Waals surface area contributed by atoms with Gasteiger partial charge < -0.3 is 10.1 Å². The molecule has 1 N–H and O–H groups in total. The van der Waals surface area contributed by atoms with Crippen molar-refractivity contribution < 1.29 is 9.13 Å². The molecule has 0 fully saturated rings. The highest BCUT2D eigenvalue weighted by atomic mass is 19.1. The first kappa shape index (κ1) is 14.9. The Morgan fingerprint density at radius 2 is 2.11 bits per heavy atom. The lowest BCUT2D eigenvalue weighted by Crippen LogP contribution is -2.15. The fourth-order valence-corrected chi connectivity index (χ4v) is 1.62. The molecule has 0 bridgehead atoms. The van der Waals surface area contributed by atoms with Crippen LogP contribution in [-0.4, -0.2) is 18.1 Å². The molecule has 0 aliphatic carbocycles. The fourth-order valence-electron chi connectivity index (χ4n) is 1.62. The summed E-state index contributed by atoms with van der Waals surface area (Å²) in [4.78, 5) is 3.94. The molecule has 102 valence electrons. The largest absolute Gasteiger partial charge is 0.476 e. The van der Waals surface area contributed by atoms with Crippen LogP contribution in [0.3, 0.4) is 0 Å². The quantitative estimate of drug-likeness (QED) is 0.687. The third-order valence-electron chi connectivity index (χ3n) is 2.67. The van der Waals surface area contributed by atoms with Gasteiger partial charge in [0.15, 0.2) is 5.82 Å². The lowest BCUT2D eigenvalue weighted by molar-refractivity contribution is 0.278. The van der Waals surface area contributed by atoms with E-state index in [2.05, 4.69) is 24.1 Å². The summed E-state index contributed by atoms with van der Waals surface area (Å²) < 4.78 is 19.4. The minimum absolute atomic E-state index is 0.127. The maximum absolute atomic E-state index is 14.0. The number of hydrogen-bond donors (Lipinski definition) is 1. The lowest BCUT2D eigenvalue weighted by atomic mass is 10.2. The molecule has 18 heavy (non-hydrogen) atoms. The molecule has 0 aliphatic heterocycles. The summed E-state index contributed by atoms with van der Waals surface area (Å²) in [6.07, 6.45) is 5.80. The first-order chi connectivity index (χ1) is 8.79. The van der Waals surface area contributed by atoms with Crippen LogP contribution in [0.15, 0.2) is 12.3 Å². The van der Waals surface area contributed by atoms with E-state index in [0.29, 0.717) is 18.7 Å². The van der Waals surface area contributed by atoms with Crippen LogP contribution in [0, 0.1) is 5.82 Å². The van der Waals surface area contributed by atoms with Crippen molar-refractivity contribution in [3.8, 4) is 5.88 Å². The molecule has 0 radical (unpaired) electrons. The van der Waals surface area contributed by atoms with E-state index >= 15 is 0 Å². The molecule has 1 heterocycles. The predicted octanol–water partition coefficient (Wildman–Crippen LogP) is 3.29. The van der Waals surface area contributed by atoms with Gasteiger partial charge in [0.2, 0.25) is 0 Å². The van der Waals surface area contributed by atoms with Gasteiger partial charge in [-0.1, -0.05) is 26.7 Å². The molecule has 0 unspecified atom stereocenters. The van der Waals surface area contributed by atoms with Crippen molar-refractivity contribution in [1.29, 1.82) is 0 Å². The van der Waals surface area contributed by atoms with E-state index in [9.17, 15) is 4.39 Å². The number of halogens is 1. The molecule has 3 nitrogen and oxygen atoms in total. The third-order valence-corrected chi connectivity index (χ3v) is 2.67. The number of aromatic nitrogens is 1. The lowest BCUT2D eigenvalue weighted by Gasteiger charge is -2.09. The van der Waals surface area contributed by atoms with Crippen molar-refractivity contribution in [2.24, 2.45) is 0 Å². The number of rotatable bonds is 9. The molecule has 0 aliphatic rings. The van der Waals surface area contributed by atoms with Crippen molar-refractivity contribution >= 4 is 0 Å². The average molecular weight is 254 g/mol. The Labute approximate surface area is 109 Å². The number of nitrogens with one attached hydrogen (secondary N) is 1. The SMILES string of the molecule is CCCCCOc1nccc(CNCCC)c1F. The summed E-state index contributed by atoms with van der Waals surface area (Å²) in [6, 6.07) is 1.69. The molecule has 0 spiro atoms. The van der Waals surface area contributed by atoms with Gasteiger partial charge in [0.1, 0.15) is 0 Å². The normalized spacial score (nSPS) is 10.6. The maximum Gasteiger partial charge on any atom is 0.250 e. The highest BCUT2D eigenvalue weighted by Gasteiger charge is 2.10. The Morgan fingerprint density at radius 1 is 1.28 bits per heavy atom. The molecule has 4 heteroatoms. The zero-order chi connectivity index (χ0) is 13.2. The smallest absolute Gasteiger partial charge is 0.250 e. The average Bonchev–Trinajstić information content (AvgIpc) is 2.38. The van der Waals surface area contributed by atoms with E-state index in [1.807, 2.05) is 0 Å². The number of nitrogens with zero attached hydrogens (tertiary/aromatic N) is 1. The van der Waals surface area contributed by atoms with Crippen molar-refractivity contribution in [2.75, 3.05) is 13.2 Å². The van der Waals surface area contributed by atoms with Crippen LogP contribution in [0.25, 0.3) is 0 Å². The van der Waals surface area contributed by atoms with Crippen LogP contribution in [0.2, 0.25) is 0 Å². The Kier molecular flexibility index (Phi) is 7.34. The van der Waals surface area contributed by atoms with E-state index in [0.717, 1.165) is 32.2 Å². The first-order valence-electron chi connectivity index (χ1n) is 6.76. The summed E-state index contributed by atoms with van der Waals surface area (Å²) in [6.45, 7) is 6.14. The topological polar surface area (TPSA) is 34.1 Å². The Morgan fingerprint density at radius 3 is 2.83 bits per heavy atom. The van der Waals surface area contributed by atoms with Gasteiger partial charge in [-0.3, -0.25) is 0 Å². The molecule has 1 aromatic heterocycles. The van der Waals surface area contributed by atoms with Gasteiger partial charge in [-0.2, -0.15) is 0 Å². The second-order valence-corrected chi connectivity index (χ2v) is 4.32. The van der Waals surface area contributed by atoms with Crippen molar-refractivity contribution in [2.45, 2.75) is 46.1 Å². The van der Waals surface area contributed by atoms with Gasteiger partial charge in [0.05, 0.1) is 6.61 Å². The second kappa shape index (κ2) is 8.86. The Balaban J connectivity index is 2.49. The van der Waals surface area contributed by atoms with Crippen molar-refractivity contribution in [3.05, 3.63) is 23.6 Å². The molecule has 1 rings (SSSR count). The highest BCUT2D eigenvalue weighted by molar-refractivity contribution is 5.23. The van der Waals surface area contributed by atoms with Crippen molar-refractivity contribution in [3.63, 3.8) is 0 Å². The molecule has 0 aromatic carbocycles. The Bertz CT molecular complexity index is 345. The number of hydrogen-bond acceptors (Lipinski definition) is 3. The zero-order valence-electron chi connectivity index (χ0n) is 11.3. The van der Waals surface area contributed by atoms with E-state index in [4.69, 9.17) is 4.74 Å². The zero-order valence-corrected chi connectivity index (χ0v) is 11.3. The Hall–Kier alpha value is -1.16. The molecule has 1 aromatic rings. The van der Waals surface area contributed by atoms with Crippen molar-refractivity contribution in [1.82, 2.24) is 10.3 Å². The van der Waals surface area contributed by atoms with Crippen LogP contribution in [0.5, 0.6) is 5.88 Å². The van der Waals surface area contributed by atoms with E-state index in [1.165, 1.54) is 0 Å². The molecule has 0 saturated carbocycles. The molecular weight excluding hydrogens is 231 g/mol. The molecule has 0 atom stereocenters. The van der Waals surface area contributed by atoms with Crippen LogP contribution in [0.4, 0.5) is 4.39 Å². The number of pyridine rings is 1. The van der Waals surface area contributed by atoms with E-state index < -0.39 is 0 Å². The summed E-state index contributed by atoms with van der Waals surface area (Å²) >= 11 is 0. The molecule has 0 amide bonds. The van der Waals surface area contributed by atoms with Gasteiger partial charge in [0.25, 0.3) is 5.88 Å². The van der Waals surface area contributed by atoms with Gasteiger partial charge in [-0.25, -0.2) is 9.37 Å². The van der Waals surface area contributed by atoms with Gasteiger partial charge >= 0.3 is 0 Å². The minimum Gasteiger partial charge on any atom is -0.476 e. The maximum atomic E-state index is 14.0. The standard InChI is InChI=1S/C14H23FN2O/c1-3-5-6-10-18-14-13(15)12(7-9-17-14)11-16-8-4-2/h7,9,16H,3-6,8,10-11H2,1-2H3. The van der Waals surface area contributed by atoms with E-state index in [-0.39, 0.29) is 11.7 Å². The van der Waals surface area contributed by atoms with Crippen LogP contribution in [0.1, 0.15) is 45.1 Å². The summed E-state index contributed by atoms with van der Waals surface area (Å²) in [5, 5.41) is 3.17. The second-order valence-electron chi connectivity index (χ2n) is 4.32. The van der Waals surface area contributed by atoms with Crippen LogP contribution < -0.4 is 10.1 Å². The summed E-state index contributed by atoms with van der Waals surface area (Å²) in [7, 11) is 0. The minimum atomic E-state index is -0.336. The van der Waals surface area contributed by atoms with Gasteiger partial charge in [-0.05, 0) is 25.5 Å².